The second kappa shape index (κ2) is 11.1. The Bertz CT molecular complexity index is 1530. The van der Waals surface area contributed by atoms with Gasteiger partial charge in [-0.15, -0.1) is 0 Å². The van der Waals surface area contributed by atoms with Gasteiger partial charge in [-0.05, 0) is 75.0 Å². The van der Waals surface area contributed by atoms with Gasteiger partial charge in [-0.2, -0.15) is 4.31 Å². The van der Waals surface area contributed by atoms with E-state index < -0.39 is 10.0 Å². The van der Waals surface area contributed by atoms with E-state index in [0.717, 1.165) is 98.9 Å². The monoisotopic (exact) mass is 594 g/mol. The summed E-state index contributed by atoms with van der Waals surface area (Å²) in [7, 11) is -3.10. The van der Waals surface area contributed by atoms with E-state index in [4.69, 9.17) is 20.2 Å². The SMILES string of the molecule is CS(=O)(=O)N1CCN(C[C@H]2CC[C@H](n3cc(-c4cccc(OCC56CCC(CC5)O6)c4)c4c(N)ncnc43)CC2)CC1. The van der Waals surface area contributed by atoms with Crippen LogP contribution in [0.3, 0.4) is 0 Å². The predicted octanol–water partition coefficient (Wildman–Crippen LogP) is 4.08. The fourth-order valence-corrected chi connectivity index (χ4v) is 8.50. The predicted molar refractivity (Wildman–Crippen MR) is 163 cm³/mol. The molecule has 0 radical (unpaired) electrons. The Morgan fingerprint density at radius 2 is 1.81 bits per heavy atom. The molecule has 2 aromatic heterocycles. The number of fused-ring (bicyclic) bond motifs is 3. The van der Waals surface area contributed by atoms with Gasteiger partial charge in [-0.1, -0.05) is 12.1 Å². The van der Waals surface area contributed by atoms with Crippen molar-refractivity contribution in [3.05, 3.63) is 36.8 Å². The number of aromatic nitrogens is 3. The van der Waals surface area contributed by atoms with Gasteiger partial charge >= 0.3 is 0 Å². The van der Waals surface area contributed by atoms with Crippen molar-refractivity contribution in [1.82, 2.24) is 23.7 Å². The number of piperazine rings is 1. The molecule has 3 aliphatic heterocycles. The number of nitrogen functional groups attached to an aromatic ring is 1. The van der Waals surface area contributed by atoms with E-state index in [0.29, 0.717) is 43.6 Å². The second-order valence-electron chi connectivity index (χ2n) is 12.9. The lowest BCUT2D eigenvalue weighted by Gasteiger charge is -2.37. The third-order valence-electron chi connectivity index (χ3n) is 10.1. The molecule has 1 saturated carbocycles. The summed E-state index contributed by atoms with van der Waals surface area (Å²) >= 11 is 0. The van der Waals surface area contributed by atoms with Crippen molar-refractivity contribution < 1.29 is 17.9 Å². The van der Waals surface area contributed by atoms with E-state index in [2.05, 4.69) is 32.8 Å². The summed E-state index contributed by atoms with van der Waals surface area (Å²) in [4.78, 5) is 11.5. The highest BCUT2D eigenvalue weighted by atomic mass is 32.2. The van der Waals surface area contributed by atoms with E-state index in [9.17, 15) is 8.42 Å². The molecule has 1 aromatic carbocycles. The molecule has 4 fully saturated rings. The van der Waals surface area contributed by atoms with Gasteiger partial charge in [0.1, 0.15) is 35.7 Å². The number of nitrogens with two attached hydrogens (primary N) is 1. The molecule has 7 rings (SSSR count). The number of rotatable bonds is 8. The lowest BCUT2D eigenvalue weighted by atomic mass is 9.85. The summed E-state index contributed by atoms with van der Waals surface area (Å²) in [5, 5.41) is 0.900. The Morgan fingerprint density at radius 3 is 2.50 bits per heavy atom. The molecule has 2 N–H and O–H groups in total. The van der Waals surface area contributed by atoms with Gasteiger partial charge in [0, 0.05) is 50.5 Å². The molecule has 0 unspecified atom stereocenters. The highest BCUT2D eigenvalue weighted by Crippen LogP contribution is 2.44. The van der Waals surface area contributed by atoms with Crippen LogP contribution in [0.15, 0.2) is 36.8 Å². The van der Waals surface area contributed by atoms with Crippen molar-refractivity contribution in [1.29, 1.82) is 0 Å². The molecular weight excluding hydrogens is 552 g/mol. The van der Waals surface area contributed by atoms with Crippen LogP contribution in [0, 0.1) is 5.92 Å². The zero-order chi connectivity index (χ0) is 28.9. The summed E-state index contributed by atoms with van der Waals surface area (Å²) in [6.45, 7) is 4.44. The summed E-state index contributed by atoms with van der Waals surface area (Å²) in [6, 6.07) is 8.61. The number of ether oxygens (including phenoxy) is 2. The Hall–Kier alpha value is -2.73. The first-order chi connectivity index (χ1) is 20.3. The first kappa shape index (κ1) is 28.1. The summed E-state index contributed by atoms with van der Waals surface area (Å²) < 4.78 is 40.2. The molecule has 4 aliphatic rings. The maximum atomic E-state index is 11.9. The van der Waals surface area contributed by atoms with Crippen molar-refractivity contribution in [2.75, 3.05) is 51.3 Å². The molecule has 3 saturated heterocycles. The average molecular weight is 595 g/mol. The van der Waals surface area contributed by atoms with Crippen LogP contribution < -0.4 is 10.5 Å². The third-order valence-corrected chi connectivity index (χ3v) is 11.4. The average Bonchev–Trinajstić information content (AvgIpc) is 3.71. The van der Waals surface area contributed by atoms with Crippen molar-refractivity contribution in [2.24, 2.45) is 5.92 Å². The Morgan fingerprint density at radius 1 is 1.05 bits per heavy atom. The van der Waals surface area contributed by atoms with Crippen LogP contribution in [0.25, 0.3) is 22.2 Å². The lowest BCUT2D eigenvalue weighted by molar-refractivity contribution is -0.0198. The number of nitrogens with zero attached hydrogens (tertiary/aromatic N) is 5. The maximum absolute atomic E-state index is 11.9. The maximum Gasteiger partial charge on any atom is 0.211 e. The Kier molecular flexibility index (Phi) is 7.40. The minimum absolute atomic E-state index is 0.113. The van der Waals surface area contributed by atoms with Crippen LogP contribution in [-0.2, 0) is 14.8 Å². The highest BCUT2D eigenvalue weighted by Gasteiger charge is 2.46. The minimum atomic E-state index is -3.10. The molecule has 42 heavy (non-hydrogen) atoms. The van der Waals surface area contributed by atoms with Gasteiger partial charge in [0.15, 0.2) is 0 Å². The van der Waals surface area contributed by atoms with E-state index >= 15 is 0 Å². The van der Waals surface area contributed by atoms with Crippen molar-refractivity contribution in [2.45, 2.75) is 69.1 Å². The molecule has 0 amide bonds. The molecule has 2 bridgehead atoms. The highest BCUT2D eigenvalue weighted by molar-refractivity contribution is 7.88. The van der Waals surface area contributed by atoms with Gasteiger partial charge < -0.3 is 24.7 Å². The first-order valence-corrected chi connectivity index (χ1v) is 17.3. The van der Waals surface area contributed by atoms with Crippen LogP contribution in [0.4, 0.5) is 5.82 Å². The number of benzene rings is 1. The van der Waals surface area contributed by atoms with Crippen LogP contribution in [0.1, 0.15) is 57.4 Å². The summed E-state index contributed by atoms with van der Waals surface area (Å²) in [6.07, 6.45) is 14.4. The minimum Gasteiger partial charge on any atom is -0.491 e. The zero-order valence-corrected chi connectivity index (χ0v) is 25.3. The fourth-order valence-electron chi connectivity index (χ4n) is 7.67. The van der Waals surface area contributed by atoms with Gasteiger partial charge in [-0.25, -0.2) is 18.4 Å². The van der Waals surface area contributed by atoms with E-state index in [1.54, 1.807) is 10.6 Å². The van der Waals surface area contributed by atoms with Gasteiger partial charge in [0.25, 0.3) is 0 Å². The number of sulfonamides is 1. The zero-order valence-electron chi connectivity index (χ0n) is 24.5. The van der Waals surface area contributed by atoms with E-state index in [1.807, 2.05) is 12.1 Å². The standard InChI is InChI=1S/C31H42N6O4S/c1-42(38,39)36-15-13-35(14-16-36)18-22-5-7-24(8-6-22)37-19-27(28-29(32)33-21-34-30(28)37)23-3-2-4-26(17-23)40-20-31-11-9-25(41-31)10-12-31/h2-4,17,19,21-22,24-25H,5-16,18,20H2,1H3,(H2,32,33,34)/t22-,24-,25?,31?. The van der Waals surface area contributed by atoms with Gasteiger partial charge in [0.05, 0.1) is 17.7 Å². The molecular formula is C31H42N6O4S. The molecule has 11 heteroatoms. The molecule has 1 aliphatic carbocycles. The number of anilines is 1. The van der Waals surface area contributed by atoms with Crippen molar-refractivity contribution in [3.63, 3.8) is 0 Å². The van der Waals surface area contributed by atoms with Crippen LogP contribution in [0.5, 0.6) is 5.75 Å². The Balaban J connectivity index is 1.04. The van der Waals surface area contributed by atoms with Crippen molar-refractivity contribution >= 4 is 26.9 Å². The van der Waals surface area contributed by atoms with Crippen LogP contribution >= 0.6 is 0 Å². The lowest BCUT2D eigenvalue weighted by Crippen LogP contribution is -2.49. The van der Waals surface area contributed by atoms with Gasteiger partial charge in [-0.3, -0.25) is 0 Å². The van der Waals surface area contributed by atoms with Crippen LogP contribution in [0.2, 0.25) is 0 Å². The topological polar surface area (TPSA) is 116 Å². The largest absolute Gasteiger partial charge is 0.491 e. The van der Waals surface area contributed by atoms with E-state index in [-0.39, 0.29) is 5.60 Å². The molecule has 3 aromatic rings. The Labute approximate surface area is 248 Å². The summed E-state index contributed by atoms with van der Waals surface area (Å²) in [5.74, 6) is 1.96. The number of hydrogen-bond donors (Lipinski definition) is 1. The van der Waals surface area contributed by atoms with Crippen molar-refractivity contribution in [3.8, 4) is 16.9 Å². The summed E-state index contributed by atoms with van der Waals surface area (Å²) in [5.41, 5.74) is 9.32. The van der Waals surface area contributed by atoms with E-state index in [1.165, 1.54) is 6.26 Å². The first-order valence-electron chi connectivity index (χ1n) is 15.5. The van der Waals surface area contributed by atoms with Crippen LogP contribution in [-0.4, -0.2) is 89.4 Å². The molecule has 226 valence electrons. The molecule has 0 spiro atoms. The quantitative estimate of drug-likeness (QED) is 0.415. The second-order valence-corrected chi connectivity index (χ2v) is 14.8. The third kappa shape index (κ3) is 5.52. The normalized spacial score (nSPS) is 28.9. The number of hydrogen-bond acceptors (Lipinski definition) is 8. The molecule has 5 heterocycles. The molecule has 0 atom stereocenters. The van der Waals surface area contributed by atoms with Gasteiger partial charge in [0.2, 0.25) is 10.0 Å². The molecule has 10 nitrogen and oxygen atoms in total. The smallest absolute Gasteiger partial charge is 0.211 e. The fraction of sp³-hybridized carbons (Fsp3) is 0.613.